The number of esters is 1. The standard InChI is InChI=1S/C23H20N2O7/c26-14-18-17(32-22(29)16-9-5-2-6-10-16)13-20(31-18)24-12-11-19(27)25(23(24)30)21(28)15-7-3-1-4-8-15/h1-12,17-18,20,26H,13-14H2/t17-,18+,20+/m0/s1. The van der Waals surface area contributed by atoms with Gasteiger partial charge in [-0.25, -0.2) is 9.59 Å². The number of hydrogen-bond donors (Lipinski definition) is 1. The molecule has 4 rings (SSSR count). The summed E-state index contributed by atoms with van der Waals surface area (Å²) in [5, 5.41) is 9.68. The normalized spacial score (nSPS) is 20.1. The van der Waals surface area contributed by atoms with Crippen LogP contribution in [0.4, 0.5) is 0 Å². The van der Waals surface area contributed by atoms with Gasteiger partial charge in [-0.3, -0.25) is 14.2 Å². The van der Waals surface area contributed by atoms with Crippen LogP contribution in [0.1, 0.15) is 33.4 Å². The van der Waals surface area contributed by atoms with Gasteiger partial charge in [0.2, 0.25) is 0 Å². The third-order valence-electron chi connectivity index (χ3n) is 5.17. The van der Waals surface area contributed by atoms with Gasteiger partial charge in [-0.1, -0.05) is 36.4 Å². The molecule has 1 N–H and O–H groups in total. The number of rotatable bonds is 5. The topological polar surface area (TPSA) is 117 Å². The van der Waals surface area contributed by atoms with Gasteiger partial charge >= 0.3 is 11.7 Å². The van der Waals surface area contributed by atoms with Crippen molar-refractivity contribution >= 4 is 11.9 Å². The van der Waals surface area contributed by atoms with Gasteiger partial charge in [0, 0.05) is 24.2 Å². The predicted octanol–water partition coefficient (Wildman–Crippen LogP) is 1.20. The van der Waals surface area contributed by atoms with Crippen LogP contribution < -0.4 is 11.2 Å². The molecule has 1 saturated heterocycles. The number of carbonyl (C=O) groups excluding carboxylic acids is 2. The van der Waals surface area contributed by atoms with Crippen molar-refractivity contribution < 1.29 is 24.2 Å². The number of ether oxygens (including phenoxy) is 2. The summed E-state index contributed by atoms with van der Waals surface area (Å²) < 4.78 is 12.8. The van der Waals surface area contributed by atoms with E-state index in [1.807, 2.05) is 0 Å². The minimum atomic E-state index is -0.941. The third kappa shape index (κ3) is 4.16. The maximum atomic E-state index is 13.0. The first-order valence-corrected chi connectivity index (χ1v) is 9.96. The summed E-state index contributed by atoms with van der Waals surface area (Å²) in [6, 6.07) is 17.4. The highest BCUT2D eigenvalue weighted by molar-refractivity contribution is 5.95. The van der Waals surface area contributed by atoms with E-state index in [0.717, 1.165) is 10.6 Å². The van der Waals surface area contributed by atoms with Crippen LogP contribution in [-0.2, 0) is 9.47 Å². The van der Waals surface area contributed by atoms with Crippen LogP contribution in [0, 0.1) is 0 Å². The quantitative estimate of drug-likeness (QED) is 0.598. The second kappa shape index (κ2) is 9.13. The first-order valence-electron chi connectivity index (χ1n) is 9.96. The predicted molar refractivity (Wildman–Crippen MR) is 112 cm³/mol. The first-order chi connectivity index (χ1) is 15.5. The number of aromatic nitrogens is 2. The molecule has 2 heterocycles. The molecule has 164 valence electrons. The number of aliphatic hydroxyl groups excluding tert-OH is 1. The number of aliphatic hydroxyl groups is 1. The molecule has 1 aliphatic rings. The summed E-state index contributed by atoms with van der Waals surface area (Å²) in [7, 11) is 0. The molecule has 3 aromatic rings. The van der Waals surface area contributed by atoms with E-state index < -0.39 is 48.2 Å². The molecule has 1 aromatic heterocycles. The van der Waals surface area contributed by atoms with Crippen molar-refractivity contribution in [1.82, 2.24) is 9.13 Å². The molecule has 0 radical (unpaired) electrons. The summed E-state index contributed by atoms with van der Waals surface area (Å²) in [4.78, 5) is 50.4. The van der Waals surface area contributed by atoms with E-state index in [9.17, 15) is 24.3 Å². The number of benzene rings is 2. The van der Waals surface area contributed by atoms with Gasteiger partial charge in [-0.05, 0) is 24.3 Å². The van der Waals surface area contributed by atoms with Crippen LogP contribution in [0.2, 0.25) is 0 Å². The third-order valence-corrected chi connectivity index (χ3v) is 5.17. The molecule has 0 bridgehead atoms. The first kappa shape index (κ1) is 21.4. The lowest BCUT2D eigenvalue weighted by atomic mass is 10.1. The van der Waals surface area contributed by atoms with Crippen LogP contribution in [-0.4, -0.2) is 44.9 Å². The van der Waals surface area contributed by atoms with E-state index in [0.29, 0.717) is 10.1 Å². The summed E-state index contributed by atoms with van der Waals surface area (Å²) in [5.41, 5.74) is -1.14. The second-order valence-corrected chi connectivity index (χ2v) is 7.21. The molecular formula is C23H20N2O7. The maximum Gasteiger partial charge on any atom is 0.340 e. The Bertz CT molecular complexity index is 1230. The molecule has 9 heteroatoms. The molecule has 9 nitrogen and oxygen atoms in total. The van der Waals surface area contributed by atoms with E-state index in [1.54, 1.807) is 48.5 Å². The summed E-state index contributed by atoms with van der Waals surface area (Å²) >= 11 is 0. The summed E-state index contributed by atoms with van der Waals surface area (Å²) in [6.07, 6.45) is -1.36. The molecular weight excluding hydrogens is 416 g/mol. The smallest absolute Gasteiger partial charge is 0.340 e. The Balaban J connectivity index is 1.60. The zero-order valence-electron chi connectivity index (χ0n) is 16.9. The van der Waals surface area contributed by atoms with Gasteiger partial charge in [0.05, 0.1) is 12.2 Å². The fraction of sp³-hybridized carbons (Fsp3) is 0.217. The van der Waals surface area contributed by atoms with Crippen molar-refractivity contribution in [3.05, 3.63) is 105 Å². The Morgan fingerprint density at radius 2 is 1.59 bits per heavy atom. The summed E-state index contributed by atoms with van der Waals surface area (Å²) in [5.74, 6) is -1.35. The van der Waals surface area contributed by atoms with Crippen molar-refractivity contribution in [1.29, 1.82) is 0 Å². The van der Waals surface area contributed by atoms with Gasteiger partial charge in [-0.2, -0.15) is 4.57 Å². The molecule has 0 aliphatic carbocycles. The van der Waals surface area contributed by atoms with E-state index in [1.165, 1.54) is 18.3 Å². The molecule has 1 fully saturated rings. The van der Waals surface area contributed by atoms with Gasteiger partial charge in [0.25, 0.3) is 11.5 Å². The average molecular weight is 436 g/mol. The van der Waals surface area contributed by atoms with Crippen LogP contribution in [0.3, 0.4) is 0 Å². The lowest BCUT2D eigenvalue weighted by molar-refractivity contribution is -0.0524. The van der Waals surface area contributed by atoms with Gasteiger partial charge in [0.1, 0.15) is 18.4 Å². The van der Waals surface area contributed by atoms with Crippen LogP contribution >= 0.6 is 0 Å². The van der Waals surface area contributed by atoms with Gasteiger partial charge in [0.15, 0.2) is 0 Å². The lowest BCUT2D eigenvalue weighted by Gasteiger charge is -2.16. The zero-order chi connectivity index (χ0) is 22.7. The Hall–Kier alpha value is -3.82. The Morgan fingerprint density at radius 3 is 2.22 bits per heavy atom. The van der Waals surface area contributed by atoms with Gasteiger partial charge in [-0.15, -0.1) is 0 Å². The minimum Gasteiger partial charge on any atom is -0.456 e. The molecule has 0 unspecified atom stereocenters. The van der Waals surface area contributed by atoms with E-state index in [2.05, 4.69) is 0 Å². The fourth-order valence-electron chi connectivity index (χ4n) is 3.55. The number of nitrogens with zero attached hydrogens (tertiary/aromatic N) is 2. The monoisotopic (exact) mass is 436 g/mol. The highest BCUT2D eigenvalue weighted by Gasteiger charge is 2.39. The molecule has 0 saturated carbocycles. The maximum absolute atomic E-state index is 13.0. The number of hydrogen-bond acceptors (Lipinski definition) is 7. The van der Waals surface area contributed by atoms with Crippen molar-refractivity contribution in [3.63, 3.8) is 0 Å². The van der Waals surface area contributed by atoms with Gasteiger partial charge < -0.3 is 14.6 Å². The molecule has 0 amide bonds. The Morgan fingerprint density at radius 1 is 0.969 bits per heavy atom. The number of carbonyl (C=O) groups is 2. The SMILES string of the molecule is O=C(O[C@H]1C[C@H](n2ccc(=O)n(C(=O)c3ccccc3)c2=O)O[C@@H]1CO)c1ccccc1. The molecule has 32 heavy (non-hydrogen) atoms. The second-order valence-electron chi connectivity index (χ2n) is 7.21. The van der Waals surface area contributed by atoms with Crippen LogP contribution in [0.25, 0.3) is 0 Å². The van der Waals surface area contributed by atoms with E-state index in [4.69, 9.17) is 9.47 Å². The molecule has 1 aliphatic heterocycles. The zero-order valence-corrected chi connectivity index (χ0v) is 16.9. The van der Waals surface area contributed by atoms with E-state index in [-0.39, 0.29) is 12.0 Å². The average Bonchev–Trinajstić information content (AvgIpc) is 3.22. The fourth-order valence-corrected chi connectivity index (χ4v) is 3.55. The van der Waals surface area contributed by atoms with Crippen molar-refractivity contribution in [2.75, 3.05) is 6.61 Å². The van der Waals surface area contributed by atoms with Crippen molar-refractivity contribution in [2.45, 2.75) is 24.9 Å². The van der Waals surface area contributed by atoms with Crippen LogP contribution in [0.5, 0.6) is 0 Å². The van der Waals surface area contributed by atoms with Crippen molar-refractivity contribution in [3.8, 4) is 0 Å². The minimum absolute atomic E-state index is 0.0570. The van der Waals surface area contributed by atoms with E-state index >= 15 is 0 Å². The Labute approximate surface area is 182 Å². The lowest BCUT2D eigenvalue weighted by Crippen LogP contribution is -2.44. The molecule has 0 spiro atoms. The highest BCUT2D eigenvalue weighted by Crippen LogP contribution is 2.30. The van der Waals surface area contributed by atoms with Crippen molar-refractivity contribution in [2.24, 2.45) is 0 Å². The summed E-state index contributed by atoms with van der Waals surface area (Å²) in [6.45, 7) is -0.444. The Kier molecular flexibility index (Phi) is 6.11. The van der Waals surface area contributed by atoms with Crippen LogP contribution in [0.15, 0.2) is 82.5 Å². The molecule has 2 aromatic carbocycles. The highest BCUT2D eigenvalue weighted by atomic mass is 16.6. The molecule has 3 atom stereocenters. The largest absolute Gasteiger partial charge is 0.456 e.